The van der Waals surface area contributed by atoms with Gasteiger partial charge in [0.15, 0.2) is 0 Å². The number of carbonyl (C=O) groups excluding carboxylic acids is 2. The van der Waals surface area contributed by atoms with Crippen LogP contribution in [-0.4, -0.2) is 57.5 Å². The highest BCUT2D eigenvalue weighted by Crippen LogP contribution is 2.39. The second kappa shape index (κ2) is 13.1. The van der Waals surface area contributed by atoms with Gasteiger partial charge in [0, 0.05) is 38.5 Å². The van der Waals surface area contributed by atoms with E-state index in [4.69, 9.17) is 31.1 Å². The maximum Gasteiger partial charge on any atom is 0.341 e. The molecule has 0 aliphatic rings. The van der Waals surface area contributed by atoms with Crippen LogP contribution in [0.25, 0.3) is 11.1 Å². The van der Waals surface area contributed by atoms with Crippen molar-refractivity contribution >= 4 is 29.1 Å². The molecule has 5 N–H and O–H groups in total. The molecule has 0 aliphatic carbocycles. The molecule has 0 saturated carbocycles. The highest BCUT2D eigenvalue weighted by Gasteiger charge is 2.28. The van der Waals surface area contributed by atoms with Gasteiger partial charge < -0.3 is 35.5 Å². The topological polar surface area (TPSA) is 157 Å². The Morgan fingerprint density at radius 3 is 2.14 bits per heavy atom. The number of amidine groups is 1. The molecule has 4 rings (SSSR count). The predicted molar refractivity (Wildman–Crippen MR) is 162 cm³/mol. The molecular formula is C31H30F2N6O5. The molecule has 0 fully saturated rings. The van der Waals surface area contributed by atoms with Crippen LogP contribution in [0.1, 0.15) is 15.9 Å². The fourth-order valence-electron chi connectivity index (χ4n) is 4.25. The molecule has 0 saturated heterocycles. The quantitative estimate of drug-likeness (QED) is 0.126. The number of nitrogens with one attached hydrogen (secondary N) is 1. The van der Waals surface area contributed by atoms with Gasteiger partial charge in [-0.3, -0.25) is 10.2 Å². The van der Waals surface area contributed by atoms with E-state index in [1.165, 1.54) is 32.4 Å². The van der Waals surface area contributed by atoms with E-state index in [-0.39, 0.29) is 22.9 Å². The Labute approximate surface area is 252 Å². The normalized spacial score (nSPS) is 10.6. The van der Waals surface area contributed by atoms with Gasteiger partial charge in [-0.2, -0.15) is 13.8 Å². The second-order valence-corrected chi connectivity index (χ2v) is 9.81. The number of nitrogens with zero attached hydrogens (tertiary/aromatic N) is 3. The van der Waals surface area contributed by atoms with Crippen LogP contribution in [0.2, 0.25) is 0 Å². The van der Waals surface area contributed by atoms with Crippen molar-refractivity contribution in [3.05, 3.63) is 89.5 Å². The molecule has 0 bridgehead atoms. The van der Waals surface area contributed by atoms with Crippen molar-refractivity contribution in [2.75, 3.05) is 44.6 Å². The number of primary amides is 1. The van der Waals surface area contributed by atoms with Crippen molar-refractivity contribution in [3.8, 4) is 34.4 Å². The number of hydrogen-bond donors (Lipinski definition) is 3. The lowest BCUT2D eigenvalue weighted by Crippen LogP contribution is -2.32. The van der Waals surface area contributed by atoms with Crippen molar-refractivity contribution in [2.45, 2.75) is 0 Å². The minimum absolute atomic E-state index is 0.0429. The fourth-order valence-corrected chi connectivity index (χ4v) is 4.25. The van der Waals surface area contributed by atoms with Crippen LogP contribution in [0.5, 0.6) is 23.3 Å². The molecule has 228 valence electrons. The number of pyridine rings is 1. The van der Waals surface area contributed by atoms with Crippen LogP contribution in [0, 0.1) is 17.0 Å². The van der Waals surface area contributed by atoms with Crippen LogP contribution in [0.3, 0.4) is 0 Å². The van der Waals surface area contributed by atoms with Crippen molar-refractivity contribution < 1.29 is 32.6 Å². The number of rotatable bonds is 11. The number of amides is 1. The predicted octanol–water partition coefficient (Wildman–Crippen LogP) is 4.67. The summed E-state index contributed by atoms with van der Waals surface area (Å²) in [6, 6.07) is 18.0. The molecule has 0 aliphatic heterocycles. The number of anilines is 2. The number of halogens is 2. The van der Waals surface area contributed by atoms with Crippen molar-refractivity contribution in [1.82, 2.24) is 4.98 Å². The SMILES string of the molecule is COC(=O)c1ccc(N(C)C)cc1Oc1nc(Oc2cccc(-c3cccc(C(=N)N)c3)c2)c(F)c(N(C)CC(N)=O)c1F. The standard InChI is InChI=1S/C31H30F2N6O5/c1-38(2)20-11-12-22(31(41)42-4)23(15-20)44-30-26(33)27(39(3)16-24(34)40)25(32)29(37-30)43-21-10-6-8-18(14-21)17-7-5-9-19(13-17)28(35)36/h5-15H,16H2,1-4H3,(H2,34,40)(H3,35,36). The Morgan fingerprint density at radius 2 is 1.52 bits per heavy atom. The van der Waals surface area contributed by atoms with Gasteiger partial charge in [0.1, 0.15) is 28.6 Å². The van der Waals surface area contributed by atoms with Gasteiger partial charge in [-0.15, -0.1) is 0 Å². The number of hydrogen-bond acceptors (Lipinski definition) is 9. The highest BCUT2D eigenvalue weighted by molar-refractivity contribution is 5.96. The monoisotopic (exact) mass is 604 g/mol. The first-order chi connectivity index (χ1) is 20.9. The van der Waals surface area contributed by atoms with Crippen LogP contribution in [0.15, 0.2) is 66.7 Å². The summed E-state index contributed by atoms with van der Waals surface area (Å²) in [6.07, 6.45) is 0. The van der Waals surface area contributed by atoms with Gasteiger partial charge >= 0.3 is 5.97 Å². The molecule has 1 heterocycles. The summed E-state index contributed by atoms with van der Waals surface area (Å²) < 4.78 is 48.1. The molecule has 4 aromatic rings. The number of esters is 1. The zero-order chi connectivity index (χ0) is 32.1. The first kappa shape index (κ1) is 31.2. The summed E-state index contributed by atoms with van der Waals surface area (Å²) >= 11 is 0. The van der Waals surface area contributed by atoms with E-state index in [1.807, 2.05) is 0 Å². The maximum absolute atomic E-state index is 15.9. The first-order valence-electron chi connectivity index (χ1n) is 13.1. The maximum atomic E-state index is 15.9. The number of nitrogen functional groups attached to an aromatic ring is 1. The Hall–Kier alpha value is -5.72. The second-order valence-electron chi connectivity index (χ2n) is 9.81. The molecule has 13 heteroatoms. The Bertz CT molecular complexity index is 1750. The molecule has 1 aromatic heterocycles. The minimum atomic E-state index is -1.26. The largest absolute Gasteiger partial charge is 0.465 e. The highest BCUT2D eigenvalue weighted by atomic mass is 19.1. The molecule has 44 heavy (non-hydrogen) atoms. The molecule has 11 nitrogen and oxygen atoms in total. The van der Waals surface area contributed by atoms with Crippen LogP contribution < -0.4 is 30.7 Å². The van der Waals surface area contributed by atoms with Gasteiger partial charge in [0.2, 0.25) is 17.5 Å². The van der Waals surface area contributed by atoms with Gasteiger partial charge in [-0.05, 0) is 41.5 Å². The number of benzene rings is 3. The van der Waals surface area contributed by atoms with E-state index in [1.54, 1.807) is 67.5 Å². The zero-order valence-corrected chi connectivity index (χ0v) is 24.4. The first-order valence-corrected chi connectivity index (χ1v) is 13.1. The van der Waals surface area contributed by atoms with Crippen molar-refractivity contribution in [1.29, 1.82) is 5.41 Å². The molecule has 3 aromatic carbocycles. The van der Waals surface area contributed by atoms with E-state index >= 15 is 8.78 Å². The van der Waals surface area contributed by atoms with Gasteiger partial charge in [-0.25, -0.2) is 4.79 Å². The summed E-state index contributed by atoms with van der Waals surface area (Å²) in [5.74, 6) is -5.61. The number of methoxy groups -OCH3 is 1. The number of likely N-dealkylation sites (N-methyl/N-ethyl adjacent to an activating group) is 1. The molecule has 0 atom stereocenters. The molecular weight excluding hydrogens is 574 g/mol. The van der Waals surface area contributed by atoms with Crippen LogP contribution in [0.4, 0.5) is 20.2 Å². The van der Waals surface area contributed by atoms with E-state index in [9.17, 15) is 9.59 Å². The smallest absolute Gasteiger partial charge is 0.341 e. The van der Waals surface area contributed by atoms with E-state index < -0.39 is 47.5 Å². The number of aromatic nitrogens is 1. The summed E-state index contributed by atoms with van der Waals surface area (Å²) in [7, 11) is 5.94. The van der Waals surface area contributed by atoms with Gasteiger partial charge in [0.25, 0.3) is 11.8 Å². The average Bonchev–Trinajstić information content (AvgIpc) is 2.99. The number of ether oxygens (including phenoxy) is 3. The van der Waals surface area contributed by atoms with Gasteiger partial charge in [-0.1, -0.05) is 30.3 Å². The van der Waals surface area contributed by atoms with Crippen molar-refractivity contribution in [2.24, 2.45) is 11.5 Å². The minimum Gasteiger partial charge on any atom is -0.465 e. The molecule has 0 unspecified atom stereocenters. The lowest BCUT2D eigenvalue weighted by molar-refractivity contribution is -0.116. The third kappa shape index (κ3) is 6.84. The number of nitrogens with two attached hydrogens (primary N) is 2. The Morgan fingerprint density at radius 1 is 0.886 bits per heavy atom. The average molecular weight is 605 g/mol. The summed E-state index contributed by atoms with van der Waals surface area (Å²) in [6.45, 7) is -0.539. The van der Waals surface area contributed by atoms with Crippen LogP contribution in [-0.2, 0) is 9.53 Å². The molecule has 1 amide bonds. The third-order valence-corrected chi connectivity index (χ3v) is 6.42. The van der Waals surface area contributed by atoms with Gasteiger partial charge in [0.05, 0.1) is 13.7 Å². The Balaban J connectivity index is 1.83. The Kier molecular flexibility index (Phi) is 9.27. The zero-order valence-electron chi connectivity index (χ0n) is 24.4. The summed E-state index contributed by atoms with van der Waals surface area (Å²) in [5, 5.41) is 7.70. The van der Waals surface area contributed by atoms with Crippen LogP contribution >= 0.6 is 0 Å². The molecule has 0 spiro atoms. The lowest BCUT2D eigenvalue weighted by atomic mass is 10.0. The summed E-state index contributed by atoms with van der Waals surface area (Å²) in [4.78, 5) is 30.7. The van der Waals surface area contributed by atoms with E-state index in [0.717, 1.165) is 4.90 Å². The lowest BCUT2D eigenvalue weighted by Gasteiger charge is -2.22. The van der Waals surface area contributed by atoms with Crippen molar-refractivity contribution in [3.63, 3.8) is 0 Å². The van der Waals surface area contributed by atoms with E-state index in [2.05, 4.69) is 4.98 Å². The van der Waals surface area contributed by atoms with E-state index in [0.29, 0.717) is 22.4 Å². The third-order valence-electron chi connectivity index (χ3n) is 6.42. The summed E-state index contributed by atoms with van der Waals surface area (Å²) in [5.41, 5.74) is 12.6. The fraction of sp³-hybridized carbons (Fsp3) is 0.161. The molecule has 0 radical (unpaired) electrons. The number of carbonyl (C=O) groups is 2.